The fraction of sp³-hybridized carbons (Fsp3) is 0.154. The van der Waals surface area contributed by atoms with Gasteiger partial charge in [-0.05, 0) is 39.7 Å². The van der Waals surface area contributed by atoms with Crippen molar-refractivity contribution in [2.75, 3.05) is 7.05 Å². The summed E-state index contributed by atoms with van der Waals surface area (Å²) in [5.74, 6) is 0. The van der Waals surface area contributed by atoms with Gasteiger partial charge in [-0.1, -0.05) is 23.7 Å². The van der Waals surface area contributed by atoms with Crippen molar-refractivity contribution in [3.05, 3.63) is 50.3 Å². The third kappa shape index (κ3) is 3.65. The van der Waals surface area contributed by atoms with Crippen LogP contribution in [0.3, 0.4) is 0 Å². The smallest absolute Gasteiger partial charge is 0.206 e. The zero-order valence-electron chi connectivity index (χ0n) is 10.9. The summed E-state index contributed by atoms with van der Waals surface area (Å²) in [5, 5.41) is 9.24. The van der Waals surface area contributed by atoms with E-state index in [0.717, 1.165) is 16.9 Å². The molecular formula is C13H10BrClN2O2S2. The van der Waals surface area contributed by atoms with Gasteiger partial charge in [0.15, 0.2) is 0 Å². The van der Waals surface area contributed by atoms with E-state index in [4.69, 9.17) is 16.9 Å². The second kappa shape index (κ2) is 6.46. The molecule has 0 fully saturated rings. The predicted molar refractivity (Wildman–Crippen MR) is 86.8 cm³/mol. The van der Waals surface area contributed by atoms with Gasteiger partial charge >= 0.3 is 0 Å². The summed E-state index contributed by atoms with van der Waals surface area (Å²) < 4.78 is 26.9. The standard InChI is InChI=1S/C13H10BrClN2O2S2/c1-17(8-10-4-2-3-9(5-10)7-16)21(18,19)12-6-11(15)13(14)20-12/h2-6H,8H2,1H3. The van der Waals surface area contributed by atoms with Crippen LogP contribution in [-0.2, 0) is 16.6 Å². The third-order valence-electron chi connectivity index (χ3n) is 2.75. The van der Waals surface area contributed by atoms with Gasteiger partial charge in [0.05, 0.1) is 20.4 Å². The molecule has 0 N–H and O–H groups in total. The molecule has 8 heteroatoms. The summed E-state index contributed by atoms with van der Waals surface area (Å²) in [4.78, 5) is 0. The van der Waals surface area contributed by atoms with Gasteiger partial charge in [-0.2, -0.15) is 9.57 Å². The zero-order chi connectivity index (χ0) is 15.6. The molecule has 0 atom stereocenters. The molecule has 0 saturated heterocycles. The van der Waals surface area contributed by atoms with E-state index in [9.17, 15) is 8.42 Å². The maximum absolute atomic E-state index is 12.4. The summed E-state index contributed by atoms with van der Waals surface area (Å²) in [6.07, 6.45) is 0. The van der Waals surface area contributed by atoms with Crippen LogP contribution in [0.1, 0.15) is 11.1 Å². The Morgan fingerprint density at radius 2 is 2.14 bits per heavy atom. The average molecular weight is 406 g/mol. The third-order valence-corrected chi connectivity index (χ3v) is 7.48. The van der Waals surface area contributed by atoms with Crippen LogP contribution in [-0.4, -0.2) is 19.8 Å². The van der Waals surface area contributed by atoms with Gasteiger partial charge in [0.25, 0.3) is 10.0 Å². The Kier molecular flexibility index (Phi) is 5.07. The molecule has 0 spiro atoms. The van der Waals surface area contributed by atoms with E-state index in [0.29, 0.717) is 14.4 Å². The van der Waals surface area contributed by atoms with Crippen LogP contribution >= 0.6 is 38.9 Å². The Morgan fingerprint density at radius 1 is 1.43 bits per heavy atom. The Morgan fingerprint density at radius 3 is 2.71 bits per heavy atom. The van der Waals surface area contributed by atoms with Gasteiger partial charge < -0.3 is 0 Å². The van der Waals surface area contributed by atoms with Crippen LogP contribution in [0, 0.1) is 11.3 Å². The first-order chi connectivity index (χ1) is 9.84. The molecule has 110 valence electrons. The number of thiophene rings is 1. The molecule has 4 nitrogen and oxygen atoms in total. The van der Waals surface area contributed by atoms with Crippen molar-refractivity contribution in [1.82, 2.24) is 4.31 Å². The molecule has 2 aromatic rings. The summed E-state index contributed by atoms with van der Waals surface area (Å²) in [7, 11) is -2.11. The molecule has 0 aliphatic heterocycles. The minimum atomic E-state index is -3.60. The van der Waals surface area contributed by atoms with E-state index in [2.05, 4.69) is 15.9 Å². The minimum Gasteiger partial charge on any atom is -0.206 e. The van der Waals surface area contributed by atoms with Crippen molar-refractivity contribution in [3.8, 4) is 6.07 Å². The van der Waals surface area contributed by atoms with E-state index < -0.39 is 10.0 Å². The van der Waals surface area contributed by atoms with E-state index in [1.807, 2.05) is 6.07 Å². The summed E-state index contributed by atoms with van der Waals surface area (Å²) in [6.45, 7) is 0.186. The minimum absolute atomic E-state index is 0.179. The van der Waals surface area contributed by atoms with Crippen molar-refractivity contribution in [1.29, 1.82) is 5.26 Å². The fourth-order valence-electron chi connectivity index (χ4n) is 1.69. The number of nitriles is 1. The maximum Gasteiger partial charge on any atom is 0.252 e. The molecule has 0 unspecified atom stereocenters. The normalized spacial score (nSPS) is 11.6. The van der Waals surface area contributed by atoms with Crippen molar-refractivity contribution in [2.24, 2.45) is 0 Å². The van der Waals surface area contributed by atoms with Gasteiger partial charge in [-0.3, -0.25) is 0 Å². The van der Waals surface area contributed by atoms with E-state index in [1.165, 1.54) is 17.4 Å². The van der Waals surface area contributed by atoms with Gasteiger partial charge in [-0.15, -0.1) is 11.3 Å². The van der Waals surface area contributed by atoms with Gasteiger partial charge in [0.1, 0.15) is 4.21 Å². The first-order valence-electron chi connectivity index (χ1n) is 5.75. The highest BCUT2D eigenvalue weighted by Gasteiger charge is 2.24. The second-order valence-corrected chi connectivity index (χ2v) is 9.31. The molecule has 0 radical (unpaired) electrons. The lowest BCUT2D eigenvalue weighted by Crippen LogP contribution is -2.25. The predicted octanol–water partition coefficient (Wildman–Crippen LogP) is 3.86. The second-order valence-electron chi connectivity index (χ2n) is 4.26. The van der Waals surface area contributed by atoms with Crippen molar-refractivity contribution in [2.45, 2.75) is 10.8 Å². The maximum atomic E-state index is 12.4. The van der Waals surface area contributed by atoms with Gasteiger partial charge in [-0.25, -0.2) is 8.42 Å². The molecular weight excluding hydrogens is 396 g/mol. The number of rotatable bonds is 4. The van der Waals surface area contributed by atoms with Crippen LogP contribution in [0.15, 0.2) is 38.3 Å². The quantitative estimate of drug-likeness (QED) is 0.776. The van der Waals surface area contributed by atoms with Crippen LogP contribution in [0.4, 0.5) is 0 Å². The molecule has 0 aliphatic rings. The number of sulfonamides is 1. The van der Waals surface area contributed by atoms with Gasteiger partial charge in [0.2, 0.25) is 0 Å². The Hall–Kier alpha value is -0.910. The van der Waals surface area contributed by atoms with Crippen LogP contribution in [0.5, 0.6) is 0 Å². The summed E-state index contributed by atoms with van der Waals surface area (Å²) in [5.41, 5.74) is 1.25. The highest BCUT2D eigenvalue weighted by Crippen LogP contribution is 2.35. The highest BCUT2D eigenvalue weighted by atomic mass is 79.9. The summed E-state index contributed by atoms with van der Waals surface area (Å²) >= 11 is 10.2. The van der Waals surface area contributed by atoms with Crippen molar-refractivity contribution in [3.63, 3.8) is 0 Å². The Bertz CT molecular complexity index is 792. The first-order valence-corrected chi connectivity index (χ1v) is 9.17. The molecule has 2 rings (SSSR count). The molecule has 0 saturated carbocycles. The first kappa shape index (κ1) is 16.5. The van der Waals surface area contributed by atoms with Crippen LogP contribution < -0.4 is 0 Å². The molecule has 0 aliphatic carbocycles. The van der Waals surface area contributed by atoms with E-state index >= 15 is 0 Å². The number of halogens is 2. The number of nitrogens with zero attached hydrogens (tertiary/aromatic N) is 2. The zero-order valence-corrected chi connectivity index (χ0v) is 14.9. The molecule has 21 heavy (non-hydrogen) atoms. The summed E-state index contributed by atoms with van der Waals surface area (Å²) in [6, 6.07) is 10.3. The van der Waals surface area contributed by atoms with E-state index in [1.54, 1.807) is 24.3 Å². The Balaban J connectivity index is 2.26. The lowest BCUT2D eigenvalue weighted by atomic mass is 10.1. The van der Waals surface area contributed by atoms with E-state index in [-0.39, 0.29) is 10.8 Å². The molecule has 0 bridgehead atoms. The molecule has 0 amide bonds. The van der Waals surface area contributed by atoms with Crippen molar-refractivity contribution < 1.29 is 8.42 Å². The Labute approximate surface area is 140 Å². The highest BCUT2D eigenvalue weighted by molar-refractivity contribution is 9.11. The molecule has 1 heterocycles. The van der Waals surface area contributed by atoms with Gasteiger partial charge in [0, 0.05) is 13.6 Å². The monoisotopic (exact) mass is 404 g/mol. The van der Waals surface area contributed by atoms with Crippen LogP contribution in [0.2, 0.25) is 5.02 Å². The SMILES string of the molecule is CN(Cc1cccc(C#N)c1)S(=O)(=O)c1cc(Cl)c(Br)s1. The fourth-order valence-corrected chi connectivity index (χ4v) is 5.46. The number of hydrogen-bond acceptors (Lipinski definition) is 4. The number of hydrogen-bond donors (Lipinski definition) is 0. The topological polar surface area (TPSA) is 61.2 Å². The molecule has 1 aromatic carbocycles. The lowest BCUT2D eigenvalue weighted by Gasteiger charge is -2.16. The largest absolute Gasteiger partial charge is 0.252 e. The van der Waals surface area contributed by atoms with Crippen LogP contribution in [0.25, 0.3) is 0 Å². The average Bonchev–Trinajstić information content (AvgIpc) is 2.79. The molecule has 1 aromatic heterocycles. The number of benzene rings is 1. The van der Waals surface area contributed by atoms with Crippen molar-refractivity contribution >= 4 is 48.9 Å². The lowest BCUT2D eigenvalue weighted by molar-refractivity contribution is 0.468.